The number of aromatic nitrogens is 2. The van der Waals surface area contributed by atoms with Crippen molar-refractivity contribution in [3.8, 4) is 0 Å². The van der Waals surface area contributed by atoms with E-state index in [2.05, 4.69) is 15.3 Å². The largest absolute Gasteiger partial charge is 0.467 e. The highest BCUT2D eigenvalue weighted by atomic mass is 32.2. The molecule has 8 nitrogen and oxygen atoms in total. The molecule has 1 aliphatic heterocycles. The van der Waals surface area contributed by atoms with Gasteiger partial charge in [-0.25, -0.2) is 5.01 Å². The zero-order valence-electron chi connectivity index (χ0n) is 17.3. The lowest BCUT2D eigenvalue weighted by molar-refractivity contribution is -0.130. The number of hydrogen-bond acceptors (Lipinski definition) is 9. The minimum absolute atomic E-state index is 0.0603. The van der Waals surface area contributed by atoms with Gasteiger partial charge in [-0.3, -0.25) is 14.5 Å². The molecule has 1 fully saturated rings. The molecule has 2 aliphatic rings. The van der Waals surface area contributed by atoms with Crippen LogP contribution in [0.4, 0.5) is 5.13 Å². The van der Waals surface area contributed by atoms with Gasteiger partial charge in [0.25, 0.3) is 5.91 Å². The highest BCUT2D eigenvalue weighted by molar-refractivity contribution is 8.01. The molecule has 5 rings (SSSR count). The van der Waals surface area contributed by atoms with E-state index >= 15 is 0 Å². The smallest absolute Gasteiger partial charge is 0.253 e. The van der Waals surface area contributed by atoms with Crippen LogP contribution in [0.25, 0.3) is 0 Å². The van der Waals surface area contributed by atoms with Gasteiger partial charge >= 0.3 is 0 Å². The summed E-state index contributed by atoms with van der Waals surface area (Å²) in [4.78, 5) is 28.2. The maximum absolute atomic E-state index is 13.1. The zero-order chi connectivity index (χ0) is 22.1. The van der Waals surface area contributed by atoms with Gasteiger partial charge < -0.3 is 4.42 Å². The van der Waals surface area contributed by atoms with E-state index in [0.29, 0.717) is 22.3 Å². The second kappa shape index (κ2) is 9.16. The zero-order valence-corrected chi connectivity index (χ0v) is 19.8. The molecule has 4 heterocycles. The second-order valence-electron chi connectivity index (χ2n) is 7.49. The van der Waals surface area contributed by atoms with E-state index in [4.69, 9.17) is 4.42 Å². The van der Waals surface area contributed by atoms with Gasteiger partial charge in [0.2, 0.25) is 11.0 Å². The molecule has 32 heavy (non-hydrogen) atoms. The Morgan fingerprint density at radius 2 is 2.16 bits per heavy atom. The minimum atomic E-state index is -0.257. The number of thioether (sulfide) groups is 1. The maximum atomic E-state index is 13.1. The quantitative estimate of drug-likeness (QED) is 0.341. The predicted molar refractivity (Wildman–Crippen MR) is 125 cm³/mol. The Bertz CT molecular complexity index is 1120. The van der Waals surface area contributed by atoms with Gasteiger partial charge in [0, 0.05) is 18.9 Å². The fraction of sp³-hybridized carbons (Fsp3) is 0.381. The number of carbonyl (C=O) groups is 2. The third-order valence-corrected chi connectivity index (χ3v) is 8.21. The van der Waals surface area contributed by atoms with Gasteiger partial charge in [-0.2, -0.15) is 5.10 Å². The Morgan fingerprint density at radius 3 is 2.84 bits per heavy atom. The van der Waals surface area contributed by atoms with E-state index in [9.17, 15) is 9.59 Å². The molecule has 166 valence electrons. The number of hydrogen-bond donors (Lipinski definition) is 0. The monoisotopic (exact) mass is 487 g/mol. The number of thiophene rings is 1. The van der Waals surface area contributed by atoms with Crippen molar-refractivity contribution in [3.05, 3.63) is 46.5 Å². The lowest BCUT2D eigenvalue weighted by Crippen LogP contribution is -2.32. The van der Waals surface area contributed by atoms with E-state index in [1.165, 1.54) is 28.1 Å². The normalized spacial score (nSPS) is 18.1. The van der Waals surface area contributed by atoms with Crippen LogP contribution < -0.4 is 4.90 Å². The Labute approximate surface area is 197 Å². The van der Waals surface area contributed by atoms with Crippen molar-refractivity contribution in [2.45, 2.75) is 49.0 Å². The highest BCUT2D eigenvalue weighted by Crippen LogP contribution is 2.38. The number of hydrazone groups is 1. The summed E-state index contributed by atoms with van der Waals surface area (Å²) in [5.41, 5.74) is 0.885. The van der Waals surface area contributed by atoms with Crippen molar-refractivity contribution in [1.82, 2.24) is 15.2 Å². The summed E-state index contributed by atoms with van der Waals surface area (Å²) in [6.07, 6.45) is 4.66. The van der Waals surface area contributed by atoms with Crippen LogP contribution in [-0.2, 0) is 9.59 Å². The molecule has 0 radical (unpaired) electrons. The van der Waals surface area contributed by atoms with Crippen LogP contribution in [0.1, 0.15) is 49.3 Å². The molecule has 1 aliphatic carbocycles. The van der Waals surface area contributed by atoms with Crippen LogP contribution in [0.3, 0.4) is 0 Å². The summed E-state index contributed by atoms with van der Waals surface area (Å²) in [5, 5.41) is 17.2. The summed E-state index contributed by atoms with van der Waals surface area (Å²) in [6.45, 7) is 1.85. The van der Waals surface area contributed by atoms with Crippen molar-refractivity contribution >= 4 is 57.1 Å². The molecule has 1 saturated carbocycles. The standard InChI is InChI=1S/C21H21N5O3S3/c1-2-18(27)25(13-7-8-13)20-22-23-21(32-20)31-12-19(28)26-15(16-5-3-9-29-16)11-14(24-26)17-6-4-10-30-17/h3-6,9-10,13,15H,2,7-8,11-12H2,1H3. The van der Waals surface area contributed by atoms with Crippen molar-refractivity contribution in [2.75, 3.05) is 10.7 Å². The fourth-order valence-corrected chi connectivity index (χ4v) is 6.06. The highest BCUT2D eigenvalue weighted by Gasteiger charge is 2.36. The molecule has 3 aromatic rings. The van der Waals surface area contributed by atoms with E-state index in [-0.39, 0.29) is 29.7 Å². The molecule has 0 aromatic carbocycles. The third kappa shape index (κ3) is 4.37. The molecular weight excluding hydrogens is 466 g/mol. The third-order valence-electron chi connectivity index (χ3n) is 5.25. The topological polar surface area (TPSA) is 91.9 Å². The number of amides is 2. The van der Waals surface area contributed by atoms with Crippen LogP contribution in [0.5, 0.6) is 0 Å². The number of carbonyl (C=O) groups excluding carboxylic acids is 2. The molecular formula is C21H21N5O3S3. The summed E-state index contributed by atoms with van der Waals surface area (Å²) in [6, 6.07) is 7.66. The Kier molecular flexibility index (Phi) is 6.11. The molecule has 0 bridgehead atoms. The molecule has 0 spiro atoms. The summed E-state index contributed by atoms with van der Waals surface area (Å²) in [7, 11) is 0. The lowest BCUT2D eigenvalue weighted by Gasteiger charge is -2.19. The Morgan fingerprint density at radius 1 is 1.28 bits per heavy atom. The fourth-order valence-electron chi connectivity index (χ4n) is 3.55. The first kappa shape index (κ1) is 21.4. The minimum Gasteiger partial charge on any atom is -0.467 e. The van der Waals surface area contributed by atoms with Crippen molar-refractivity contribution in [1.29, 1.82) is 0 Å². The van der Waals surface area contributed by atoms with Crippen molar-refractivity contribution in [3.63, 3.8) is 0 Å². The van der Waals surface area contributed by atoms with Crippen LogP contribution in [0, 0.1) is 0 Å². The summed E-state index contributed by atoms with van der Waals surface area (Å²) >= 11 is 4.29. The van der Waals surface area contributed by atoms with Crippen LogP contribution in [-0.4, -0.2) is 44.5 Å². The van der Waals surface area contributed by atoms with E-state index in [0.717, 1.165) is 29.2 Å². The van der Waals surface area contributed by atoms with Gasteiger partial charge in [-0.05, 0) is 36.4 Å². The van der Waals surface area contributed by atoms with E-state index < -0.39 is 0 Å². The van der Waals surface area contributed by atoms with Crippen LogP contribution in [0.2, 0.25) is 0 Å². The van der Waals surface area contributed by atoms with Gasteiger partial charge in [0.15, 0.2) is 4.34 Å². The number of nitrogens with zero attached hydrogens (tertiary/aromatic N) is 5. The van der Waals surface area contributed by atoms with Gasteiger partial charge in [-0.1, -0.05) is 36.1 Å². The summed E-state index contributed by atoms with van der Waals surface area (Å²) in [5.74, 6) is 0.835. The molecule has 11 heteroatoms. The molecule has 2 amide bonds. The average molecular weight is 488 g/mol. The molecule has 1 unspecified atom stereocenters. The van der Waals surface area contributed by atoms with E-state index in [1.54, 1.807) is 22.5 Å². The molecule has 0 N–H and O–H groups in total. The summed E-state index contributed by atoms with van der Waals surface area (Å²) < 4.78 is 6.25. The van der Waals surface area contributed by atoms with Crippen LogP contribution in [0.15, 0.2) is 49.8 Å². The van der Waals surface area contributed by atoms with Gasteiger partial charge in [-0.15, -0.1) is 21.5 Å². The number of furan rings is 1. The Hall–Kier alpha value is -2.50. The number of anilines is 1. The average Bonchev–Trinajstić information content (AvgIpc) is 3.33. The Balaban J connectivity index is 1.28. The molecule has 0 saturated heterocycles. The first-order valence-electron chi connectivity index (χ1n) is 10.4. The first-order valence-corrected chi connectivity index (χ1v) is 13.1. The van der Waals surface area contributed by atoms with Crippen molar-refractivity contribution < 1.29 is 14.0 Å². The van der Waals surface area contributed by atoms with Crippen LogP contribution >= 0.6 is 34.4 Å². The molecule has 3 aromatic heterocycles. The van der Waals surface area contributed by atoms with Gasteiger partial charge in [0.1, 0.15) is 11.8 Å². The van der Waals surface area contributed by atoms with Gasteiger partial charge in [0.05, 0.1) is 22.6 Å². The van der Waals surface area contributed by atoms with E-state index in [1.807, 2.05) is 36.6 Å². The predicted octanol–water partition coefficient (Wildman–Crippen LogP) is 4.57. The maximum Gasteiger partial charge on any atom is 0.253 e. The lowest BCUT2D eigenvalue weighted by atomic mass is 10.1. The second-order valence-corrected chi connectivity index (χ2v) is 10.6. The SMILES string of the molecule is CCC(=O)N(c1nnc(SCC(=O)N2N=C(c3cccs3)CC2c2ccco2)s1)C1CC1. The van der Waals surface area contributed by atoms with Crippen molar-refractivity contribution in [2.24, 2.45) is 5.10 Å². The molecule has 1 atom stereocenters. The first-order chi connectivity index (χ1) is 15.6. The number of rotatable bonds is 8.